The van der Waals surface area contributed by atoms with Crippen molar-refractivity contribution in [2.24, 2.45) is 0 Å². The first-order valence-corrected chi connectivity index (χ1v) is 10.1. The van der Waals surface area contributed by atoms with Crippen LogP contribution in [0.2, 0.25) is 0 Å². The Morgan fingerprint density at radius 3 is 1.89 bits per heavy atom. The fourth-order valence-corrected chi connectivity index (χ4v) is 3.19. The molecule has 0 fully saturated rings. The number of aryl methyl sites for hydroxylation is 1. The molecule has 0 aliphatic rings. The Bertz CT molecular complexity index is 1590. The zero-order valence-electron chi connectivity index (χ0n) is 18.7. The zero-order chi connectivity index (χ0) is 27.4. The molecule has 3 rings (SSSR count). The summed E-state index contributed by atoms with van der Waals surface area (Å²) in [5.74, 6) is -1.39. The van der Waals surface area contributed by atoms with Crippen molar-refractivity contribution in [2.75, 3.05) is 0 Å². The average molecular weight is 513 g/mol. The number of nitriles is 1. The Kier molecular flexibility index (Phi) is 7.45. The van der Waals surface area contributed by atoms with Gasteiger partial charge in [-0.1, -0.05) is 18.2 Å². The first-order chi connectivity index (χ1) is 17.4. The molecule has 3 aromatic rings. The van der Waals surface area contributed by atoms with Crippen molar-refractivity contribution >= 4 is 11.4 Å². The molecule has 0 heterocycles. The third-order valence-electron chi connectivity index (χ3n) is 4.80. The van der Waals surface area contributed by atoms with Crippen LogP contribution in [-0.2, 0) is 6.18 Å². The molecule has 186 valence electrons. The number of nitrogens with zero attached hydrogens (tertiary/aromatic N) is 3. The van der Waals surface area contributed by atoms with Crippen LogP contribution >= 0.6 is 0 Å². The van der Waals surface area contributed by atoms with Gasteiger partial charge in [0.05, 0.1) is 24.8 Å². The van der Waals surface area contributed by atoms with Gasteiger partial charge in [0.25, 0.3) is 11.4 Å². The van der Waals surface area contributed by atoms with E-state index in [1.807, 2.05) is 0 Å². The van der Waals surface area contributed by atoms with Gasteiger partial charge in [-0.15, -0.1) is 0 Å². The quantitative estimate of drug-likeness (QED) is 0.287. The van der Waals surface area contributed by atoms with E-state index >= 15 is 0 Å². The second-order valence-corrected chi connectivity index (χ2v) is 7.42. The lowest BCUT2D eigenvalue weighted by Gasteiger charge is -2.15. The van der Waals surface area contributed by atoms with Crippen LogP contribution in [0.15, 0.2) is 60.7 Å². The molecule has 0 aliphatic carbocycles. The van der Waals surface area contributed by atoms with Crippen LogP contribution in [0.3, 0.4) is 0 Å². The molecular weight excluding hydrogens is 500 g/mol. The normalized spacial score (nSPS) is 13.0. The van der Waals surface area contributed by atoms with E-state index in [-0.39, 0.29) is 16.7 Å². The lowest BCUT2D eigenvalue weighted by molar-refractivity contribution is -0.137. The molecule has 0 radical (unpaired) electrons. The van der Waals surface area contributed by atoms with Crippen LogP contribution in [-0.4, -0.2) is 6.18 Å². The summed E-state index contributed by atoms with van der Waals surface area (Å²) in [4.78, 5) is 5.63. The highest BCUT2D eigenvalue weighted by molar-refractivity contribution is 5.70. The Labute approximate surface area is 206 Å². The Hall–Kier alpha value is -4.95. The molecule has 0 spiro atoms. The molecule has 0 saturated carbocycles. The smallest absolute Gasteiger partial charge is 0.420 e. The van der Waals surface area contributed by atoms with Crippen LogP contribution in [0.25, 0.3) is 21.1 Å². The van der Waals surface area contributed by atoms with E-state index in [4.69, 9.17) is 22.6 Å². The second kappa shape index (κ2) is 10.3. The summed E-state index contributed by atoms with van der Waals surface area (Å²) < 4.78 is 91.7. The average Bonchev–Trinajstić information content (AvgIpc) is 2.81. The molecule has 5 nitrogen and oxygen atoms in total. The van der Waals surface area contributed by atoms with Crippen LogP contribution in [0.1, 0.15) is 11.1 Å². The lowest BCUT2D eigenvalue weighted by Crippen LogP contribution is -2.23. The zero-order valence-corrected chi connectivity index (χ0v) is 18.7. The highest BCUT2D eigenvalue weighted by atomic mass is 19.4. The summed E-state index contributed by atoms with van der Waals surface area (Å²) in [7, 11) is 0. The Balaban J connectivity index is 2.40. The van der Waals surface area contributed by atoms with Crippen LogP contribution in [0.4, 0.5) is 26.3 Å². The van der Waals surface area contributed by atoms with Gasteiger partial charge in [0.2, 0.25) is 0 Å². The predicted molar refractivity (Wildman–Crippen MR) is 120 cm³/mol. The van der Waals surface area contributed by atoms with Crippen molar-refractivity contribution in [3.8, 4) is 29.1 Å². The largest absolute Gasteiger partial charge is 0.458 e. The standard InChI is InChI=1S/C26H13F6N3O2/c1-15-6-4-8-17(10-15)36-22-13-20(24(35-3)26(30,31)32)23(12-19(22)21(14-33)34-2)37-18-9-5-7-16(11-18)25(27,28)29/h4-13H,1H3/b21-19-,24-20+. The van der Waals surface area contributed by atoms with E-state index in [9.17, 15) is 31.6 Å². The first kappa shape index (κ1) is 26.7. The molecule has 0 amide bonds. The fraction of sp³-hybridized carbons (Fsp3) is 0.115. The van der Waals surface area contributed by atoms with Gasteiger partial charge in [-0.2, -0.15) is 26.3 Å². The van der Waals surface area contributed by atoms with Gasteiger partial charge in [-0.05, 0) is 55.0 Å². The number of hydrogen-bond donors (Lipinski definition) is 0. The third kappa shape index (κ3) is 6.19. The van der Waals surface area contributed by atoms with E-state index < -0.39 is 46.0 Å². The van der Waals surface area contributed by atoms with Gasteiger partial charge < -0.3 is 9.47 Å². The maximum absolute atomic E-state index is 13.7. The number of alkyl halides is 6. The van der Waals surface area contributed by atoms with Crippen LogP contribution in [0, 0.1) is 31.4 Å². The van der Waals surface area contributed by atoms with Gasteiger partial charge in [0.15, 0.2) is 0 Å². The van der Waals surface area contributed by atoms with E-state index in [1.54, 1.807) is 31.2 Å². The summed E-state index contributed by atoms with van der Waals surface area (Å²) in [5.41, 5.74) is -2.71. The SMILES string of the molecule is [C-]#[N+]/C(C#N)=c1/cc(Oc2cccc(C(F)(F)F)c2)/c(=C(/[N+]#[C-])C(F)(F)F)cc1Oc1cccc(C)c1. The van der Waals surface area contributed by atoms with E-state index in [1.165, 1.54) is 6.07 Å². The van der Waals surface area contributed by atoms with Gasteiger partial charge in [-0.25, -0.2) is 15.0 Å². The summed E-state index contributed by atoms with van der Waals surface area (Å²) in [5, 5.41) is 8.28. The highest BCUT2D eigenvalue weighted by Gasteiger charge is 2.37. The molecular formula is C26H13F6N3O2. The number of hydrogen-bond acceptors (Lipinski definition) is 3. The minimum Gasteiger partial charge on any atom is -0.458 e. The number of rotatable bonds is 4. The molecule has 37 heavy (non-hydrogen) atoms. The van der Waals surface area contributed by atoms with Gasteiger partial charge >= 0.3 is 12.4 Å². The predicted octanol–water partition coefficient (Wildman–Crippen LogP) is 6.74. The summed E-state index contributed by atoms with van der Waals surface area (Å²) in [6.45, 7) is 16.1. The molecule has 0 unspecified atom stereocenters. The van der Waals surface area contributed by atoms with Crippen molar-refractivity contribution in [2.45, 2.75) is 19.3 Å². The maximum Gasteiger partial charge on any atom is 0.420 e. The lowest BCUT2D eigenvalue weighted by atomic mass is 10.1. The Morgan fingerprint density at radius 1 is 0.811 bits per heavy atom. The van der Waals surface area contributed by atoms with Crippen molar-refractivity contribution in [1.82, 2.24) is 0 Å². The topological polar surface area (TPSA) is 51.0 Å². The van der Waals surface area contributed by atoms with Crippen molar-refractivity contribution in [3.63, 3.8) is 0 Å². The summed E-state index contributed by atoms with van der Waals surface area (Å²) in [6.07, 6.45) is -9.93. The molecule has 11 heteroatoms. The molecule has 3 aromatic carbocycles. The monoisotopic (exact) mass is 513 g/mol. The molecule has 0 N–H and O–H groups in total. The number of halogens is 6. The summed E-state index contributed by atoms with van der Waals surface area (Å²) >= 11 is 0. The molecule has 0 aliphatic heterocycles. The van der Waals surface area contributed by atoms with E-state index in [0.717, 1.165) is 35.9 Å². The Morgan fingerprint density at radius 2 is 1.38 bits per heavy atom. The van der Waals surface area contributed by atoms with Crippen LogP contribution < -0.4 is 19.9 Å². The molecule has 0 saturated heterocycles. The molecule has 0 bridgehead atoms. The van der Waals surface area contributed by atoms with Crippen molar-refractivity contribution in [1.29, 1.82) is 5.26 Å². The number of ether oxygens (including phenoxy) is 2. The van der Waals surface area contributed by atoms with Crippen molar-refractivity contribution in [3.05, 3.63) is 105 Å². The fourth-order valence-electron chi connectivity index (χ4n) is 3.19. The minimum absolute atomic E-state index is 0.164. The van der Waals surface area contributed by atoms with Crippen LogP contribution in [0.5, 0.6) is 23.0 Å². The van der Waals surface area contributed by atoms with E-state index in [2.05, 4.69) is 9.69 Å². The summed E-state index contributed by atoms with van der Waals surface area (Å²) in [6, 6.07) is 13.0. The van der Waals surface area contributed by atoms with E-state index in [0.29, 0.717) is 6.07 Å². The highest BCUT2D eigenvalue weighted by Crippen LogP contribution is 2.33. The first-order valence-electron chi connectivity index (χ1n) is 10.1. The second-order valence-electron chi connectivity index (χ2n) is 7.42. The third-order valence-corrected chi connectivity index (χ3v) is 4.80. The molecule has 0 atom stereocenters. The number of benzene rings is 3. The van der Waals surface area contributed by atoms with Gasteiger partial charge in [-0.3, -0.25) is 0 Å². The maximum atomic E-state index is 13.7. The van der Waals surface area contributed by atoms with Gasteiger partial charge in [0, 0.05) is 10.4 Å². The molecule has 0 aromatic heterocycles. The van der Waals surface area contributed by atoms with Gasteiger partial charge in [0.1, 0.15) is 23.0 Å². The minimum atomic E-state index is -5.17. The van der Waals surface area contributed by atoms with Crippen molar-refractivity contribution < 1.29 is 35.8 Å².